The van der Waals surface area contributed by atoms with Crippen LogP contribution < -0.4 is 5.32 Å². The van der Waals surface area contributed by atoms with Crippen LogP contribution in [0.5, 0.6) is 0 Å². The van der Waals surface area contributed by atoms with E-state index in [4.69, 9.17) is 23.2 Å². The Hall–Kier alpha value is -1.69. The number of thioether (sulfide) groups is 1. The molecule has 0 aromatic heterocycles. The monoisotopic (exact) mass is 480 g/mol. The first-order chi connectivity index (χ1) is 14.7. The number of carbonyl (C=O) groups is 2. The number of carbonyl (C=O) groups excluding carboxylic acids is 2. The number of nitrogens with one attached hydrogen (secondary N) is 1. The lowest BCUT2D eigenvalue weighted by Gasteiger charge is -2.30. The van der Waals surface area contributed by atoms with E-state index in [1.54, 1.807) is 17.9 Å². The van der Waals surface area contributed by atoms with Crippen LogP contribution >= 0.6 is 35.0 Å². The third kappa shape index (κ3) is 7.74. The van der Waals surface area contributed by atoms with Crippen molar-refractivity contribution in [3.8, 4) is 0 Å². The molecule has 0 saturated heterocycles. The molecule has 2 aromatic rings. The molecule has 168 valence electrons. The molecule has 0 heterocycles. The van der Waals surface area contributed by atoms with Crippen LogP contribution in [0.25, 0.3) is 0 Å². The second-order valence-electron chi connectivity index (χ2n) is 7.68. The van der Waals surface area contributed by atoms with Gasteiger partial charge in [-0.05, 0) is 56.0 Å². The van der Waals surface area contributed by atoms with E-state index in [9.17, 15) is 9.59 Å². The van der Waals surface area contributed by atoms with Crippen molar-refractivity contribution in [2.24, 2.45) is 0 Å². The summed E-state index contributed by atoms with van der Waals surface area (Å²) >= 11 is 13.5. The zero-order chi connectivity index (χ0) is 23.0. The van der Waals surface area contributed by atoms with Gasteiger partial charge in [-0.3, -0.25) is 9.59 Å². The number of nitrogens with zero attached hydrogens (tertiary/aromatic N) is 1. The van der Waals surface area contributed by atoms with E-state index in [1.807, 2.05) is 57.2 Å². The highest BCUT2D eigenvalue weighted by atomic mass is 35.5. The molecule has 0 fully saturated rings. The van der Waals surface area contributed by atoms with Gasteiger partial charge in [-0.25, -0.2) is 0 Å². The van der Waals surface area contributed by atoms with E-state index >= 15 is 0 Å². The number of hydrogen-bond donors (Lipinski definition) is 1. The molecule has 2 aromatic carbocycles. The van der Waals surface area contributed by atoms with Crippen molar-refractivity contribution in [2.75, 3.05) is 5.75 Å². The van der Waals surface area contributed by atoms with Crippen LogP contribution in [0.1, 0.15) is 43.9 Å². The van der Waals surface area contributed by atoms with Crippen LogP contribution in [0.15, 0.2) is 42.5 Å². The van der Waals surface area contributed by atoms with Gasteiger partial charge in [0, 0.05) is 18.3 Å². The van der Waals surface area contributed by atoms with E-state index in [1.165, 1.54) is 11.8 Å². The van der Waals surface area contributed by atoms with Gasteiger partial charge in [0.1, 0.15) is 6.04 Å². The van der Waals surface area contributed by atoms with Gasteiger partial charge in [-0.15, -0.1) is 11.8 Å². The van der Waals surface area contributed by atoms with Gasteiger partial charge < -0.3 is 10.2 Å². The fourth-order valence-electron chi connectivity index (χ4n) is 2.99. The highest BCUT2D eigenvalue weighted by Gasteiger charge is 2.27. The Labute approximate surface area is 199 Å². The first-order valence-electron chi connectivity index (χ1n) is 10.4. The van der Waals surface area contributed by atoms with Crippen molar-refractivity contribution in [3.05, 3.63) is 69.2 Å². The molecule has 0 aliphatic carbocycles. The van der Waals surface area contributed by atoms with Crippen molar-refractivity contribution in [1.29, 1.82) is 0 Å². The molecule has 0 unspecified atom stereocenters. The molecule has 7 heteroatoms. The van der Waals surface area contributed by atoms with Gasteiger partial charge in [0.15, 0.2) is 0 Å². The van der Waals surface area contributed by atoms with Gasteiger partial charge in [0.2, 0.25) is 11.8 Å². The fourth-order valence-corrected chi connectivity index (χ4v) is 4.17. The summed E-state index contributed by atoms with van der Waals surface area (Å²) < 4.78 is 0. The summed E-state index contributed by atoms with van der Waals surface area (Å²) in [6.45, 7) is 8.18. The van der Waals surface area contributed by atoms with Crippen molar-refractivity contribution < 1.29 is 9.59 Å². The number of benzene rings is 2. The maximum absolute atomic E-state index is 13.1. The summed E-state index contributed by atoms with van der Waals surface area (Å²) in [5, 5.41) is 4.01. The Morgan fingerprint density at radius 3 is 2.45 bits per heavy atom. The fraction of sp³-hybridized carbons (Fsp3) is 0.417. The molecule has 2 rings (SSSR count). The number of rotatable bonds is 10. The Balaban J connectivity index is 2.10. The Kier molecular flexibility index (Phi) is 10.2. The van der Waals surface area contributed by atoms with Crippen LogP contribution in [-0.2, 0) is 21.9 Å². The third-order valence-corrected chi connectivity index (χ3v) is 6.98. The second kappa shape index (κ2) is 12.4. The van der Waals surface area contributed by atoms with E-state index in [-0.39, 0.29) is 23.6 Å². The lowest BCUT2D eigenvalue weighted by atomic mass is 10.1. The Morgan fingerprint density at radius 2 is 1.81 bits per heavy atom. The first kappa shape index (κ1) is 25.6. The standard InChI is InChI=1S/C24H30Cl2N2O2S/c1-5-17(3)27-24(30)18(4)28(13-20-9-7-6-8-16(20)2)23(29)15-31-14-19-10-11-21(25)22(26)12-19/h6-12,17-18H,5,13-15H2,1-4H3,(H,27,30)/t17-,18+/m0/s1. The Bertz CT molecular complexity index is 907. The maximum atomic E-state index is 13.1. The normalized spacial score (nSPS) is 12.8. The minimum Gasteiger partial charge on any atom is -0.352 e. The summed E-state index contributed by atoms with van der Waals surface area (Å²) in [7, 11) is 0. The second-order valence-corrected chi connectivity index (χ2v) is 9.48. The quantitative estimate of drug-likeness (QED) is 0.462. The van der Waals surface area contributed by atoms with Gasteiger partial charge in [0.25, 0.3) is 0 Å². The van der Waals surface area contributed by atoms with E-state index in [2.05, 4.69) is 5.32 Å². The zero-order valence-electron chi connectivity index (χ0n) is 18.5. The average molecular weight is 481 g/mol. The smallest absolute Gasteiger partial charge is 0.242 e. The zero-order valence-corrected chi connectivity index (χ0v) is 20.8. The van der Waals surface area contributed by atoms with Crippen molar-refractivity contribution >= 4 is 46.8 Å². The van der Waals surface area contributed by atoms with Crippen LogP contribution in [0.2, 0.25) is 10.0 Å². The molecule has 0 aliphatic heterocycles. The van der Waals surface area contributed by atoms with E-state index < -0.39 is 6.04 Å². The van der Waals surface area contributed by atoms with E-state index in [0.29, 0.717) is 22.3 Å². The largest absolute Gasteiger partial charge is 0.352 e. The molecule has 4 nitrogen and oxygen atoms in total. The highest BCUT2D eigenvalue weighted by Crippen LogP contribution is 2.25. The molecule has 2 atom stereocenters. The van der Waals surface area contributed by atoms with Crippen molar-refractivity contribution in [3.63, 3.8) is 0 Å². The molecule has 31 heavy (non-hydrogen) atoms. The maximum Gasteiger partial charge on any atom is 0.242 e. The minimum atomic E-state index is -0.563. The number of aryl methyl sites for hydroxylation is 1. The summed E-state index contributed by atoms with van der Waals surface area (Å²) in [5.41, 5.74) is 3.13. The summed E-state index contributed by atoms with van der Waals surface area (Å²) in [6, 6.07) is 12.9. The minimum absolute atomic E-state index is 0.0643. The number of amides is 2. The molecule has 0 saturated carbocycles. The van der Waals surface area contributed by atoms with Gasteiger partial charge in [-0.2, -0.15) is 0 Å². The van der Waals surface area contributed by atoms with Crippen molar-refractivity contribution in [2.45, 2.75) is 58.5 Å². The van der Waals surface area contributed by atoms with Gasteiger partial charge >= 0.3 is 0 Å². The molecular weight excluding hydrogens is 451 g/mol. The summed E-state index contributed by atoms with van der Waals surface area (Å²) in [4.78, 5) is 27.6. The highest BCUT2D eigenvalue weighted by molar-refractivity contribution is 7.99. The SMILES string of the molecule is CC[C@H](C)NC(=O)[C@@H](C)N(Cc1ccccc1C)C(=O)CSCc1ccc(Cl)c(Cl)c1. The lowest BCUT2D eigenvalue weighted by Crippen LogP contribution is -2.50. The van der Waals surface area contributed by atoms with Crippen LogP contribution in [-0.4, -0.2) is 34.6 Å². The Morgan fingerprint density at radius 1 is 1.10 bits per heavy atom. The first-order valence-corrected chi connectivity index (χ1v) is 12.3. The average Bonchev–Trinajstić information content (AvgIpc) is 2.74. The van der Waals surface area contributed by atoms with E-state index in [0.717, 1.165) is 23.1 Å². The number of halogens is 2. The van der Waals surface area contributed by atoms with Crippen LogP contribution in [0, 0.1) is 6.92 Å². The lowest BCUT2D eigenvalue weighted by molar-refractivity contribution is -0.138. The van der Waals surface area contributed by atoms with Gasteiger partial charge in [-0.1, -0.05) is 60.5 Å². The van der Waals surface area contributed by atoms with Gasteiger partial charge in [0.05, 0.1) is 15.8 Å². The molecule has 0 radical (unpaired) electrons. The molecule has 1 N–H and O–H groups in total. The topological polar surface area (TPSA) is 49.4 Å². The molecular formula is C24H30Cl2N2O2S. The third-order valence-electron chi connectivity index (χ3n) is 5.25. The predicted molar refractivity (Wildman–Crippen MR) is 132 cm³/mol. The summed E-state index contributed by atoms with van der Waals surface area (Å²) in [5.74, 6) is 0.701. The number of hydrogen-bond acceptors (Lipinski definition) is 3. The van der Waals surface area contributed by atoms with Crippen molar-refractivity contribution in [1.82, 2.24) is 10.2 Å². The molecule has 0 aliphatic rings. The molecule has 2 amide bonds. The van der Waals surface area contributed by atoms with Crippen LogP contribution in [0.3, 0.4) is 0 Å². The predicted octanol–water partition coefficient (Wildman–Crippen LogP) is 5.87. The molecule has 0 bridgehead atoms. The van der Waals surface area contributed by atoms with Crippen LogP contribution in [0.4, 0.5) is 0 Å². The summed E-state index contributed by atoms with van der Waals surface area (Å²) in [6.07, 6.45) is 0.837. The molecule has 0 spiro atoms.